The van der Waals surface area contributed by atoms with Gasteiger partial charge in [-0.2, -0.15) is 0 Å². The van der Waals surface area contributed by atoms with Gasteiger partial charge in [0.05, 0.1) is 26.9 Å². The Morgan fingerprint density at radius 1 is 0.854 bits per heavy atom. The second kappa shape index (κ2) is 15.6. The van der Waals surface area contributed by atoms with Crippen molar-refractivity contribution in [2.75, 3.05) is 27.5 Å². The second-order valence-corrected chi connectivity index (χ2v) is 14.0. The van der Waals surface area contributed by atoms with Gasteiger partial charge in [0.25, 0.3) is 5.56 Å². The molecule has 4 aromatic rings. The van der Waals surface area contributed by atoms with E-state index in [1.165, 1.54) is 16.8 Å². The van der Waals surface area contributed by atoms with Crippen LogP contribution in [0, 0.1) is 0 Å². The normalized spacial score (nSPS) is 18.8. The number of hydrogen-bond donors (Lipinski definition) is 1. The van der Waals surface area contributed by atoms with Gasteiger partial charge in [-0.3, -0.25) is 19.0 Å². The maximum absolute atomic E-state index is 12.9. The highest BCUT2D eigenvalue weighted by Gasteiger charge is 2.44. The molecule has 1 unspecified atom stereocenters. The zero-order valence-corrected chi connectivity index (χ0v) is 29.6. The summed E-state index contributed by atoms with van der Waals surface area (Å²) in [5.74, 6) is 1.46. The molecule has 2 heterocycles. The van der Waals surface area contributed by atoms with E-state index in [0.717, 1.165) is 28.2 Å². The number of nitrogens with zero attached hydrogens (tertiary/aromatic N) is 2. The maximum Gasteiger partial charge on any atom is 0.330 e. The van der Waals surface area contributed by atoms with Crippen LogP contribution in [0.25, 0.3) is 0 Å². The lowest BCUT2D eigenvalue weighted by atomic mass is 9.80. The molecule has 5 rings (SSSR count). The standard InChI is InChI=1S/C37H46N3O7P/c1-25(2)40(26(3)4)48(7)47-32-23-35(39-22-21-34(41)38-36(39)42)46-33(32)24-45-37(27-11-9-8-10-12-27,28-13-17-30(43-5)18-14-28)29-15-19-31(44-6)20-16-29/h8-22,25-26,32-33,35H,23-24H2,1-7H3,(H,38,41,42)/t32-,33+,35+,48?/m0/s1. The zero-order chi connectivity index (χ0) is 34.4. The van der Waals surface area contributed by atoms with E-state index in [0.29, 0.717) is 6.42 Å². The lowest BCUT2D eigenvalue weighted by Gasteiger charge is -2.39. The molecule has 0 spiro atoms. The molecule has 1 N–H and O–H groups in total. The summed E-state index contributed by atoms with van der Waals surface area (Å²) in [5, 5.41) is 0. The van der Waals surface area contributed by atoms with E-state index in [-0.39, 0.29) is 18.7 Å². The van der Waals surface area contributed by atoms with Crippen LogP contribution in [-0.2, 0) is 19.6 Å². The third-order valence-corrected chi connectivity index (χ3v) is 10.8. The van der Waals surface area contributed by atoms with Gasteiger partial charge in [0, 0.05) is 30.8 Å². The molecule has 11 heteroatoms. The lowest BCUT2D eigenvalue weighted by Crippen LogP contribution is -2.39. The van der Waals surface area contributed by atoms with E-state index in [1.807, 2.05) is 66.7 Å². The average molecular weight is 676 g/mol. The number of rotatable bonds is 14. The van der Waals surface area contributed by atoms with Crippen molar-refractivity contribution in [3.8, 4) is 11.5 Å². The molecular formula is C37H46N3O7P. The minimum absolute atomic E-state index is 0.138. The molecule has 1 aliphatic heterocycles. The van der Waals surface area contributed by atoms with E-state index in [1.54, 1.807) is 14.2 Å². The van der Waals surface area contributed by atoms with Gasteiger partial charge in [-0.1, -0.05) is 54.6 Å². The van der Waals surface area contributed by atoms with Crippen LogP contribution in [0.1, 0.15) is 57.0 Å². The first kappa shape index (κ1) is 35.5. The van der Waals surface area contributed by atoms with Crippen molar-refractivity contribution in [3.63, 3.8) is 0 Å². The number of ether oxygens (including phenoxy) is 4. The SMILES string of the molecule is COc1ccc(C(OC[C@H]2O[C@@H](n3ccc(=O)[nH]c3=O)C[C@@H]2OP(C)N(C(C)C)C(C)C)(c2ccccc2)c2ccc(OC)cc2)cc1. The van der Waals surface area contributed by atoms with Gasteiger partial charge in [-0.15, -0.1) is 0 Å². The molecule has 1 fully saturated rings. The number of methoxy groups -OCH3 is 2. The summed E-state index contributed by atoms with van der Waals surface area (Å²) in [6.07, 6.45) is 0.277. The lowest BCUT2D eigenvalue weighted by molar-refractivity contribution is -0.0913. The Bertz CT molecular complexity index is 1670. The monoisotopic (exact) mass is 675 g/mol. The van der Waals surface area contributed by atoms with E-state index >= 15 is 0 Å². The number of nitrogens with one attached hydrogen (secondary N) is 1. The molecule has 1 aromatic heterocycles. The maximum atomic E-state index is 12.9. The number of aromatic amines is 1. The van der Waals surface area contributed by atoms with Crippen molar-refractivity contribution in [2.45, 2.75) is 70.2 Å². The van der Waals surface area contributed by atoms with Crippen LogP contribution >= 0.6 is 8.30 Å². The second-order valence-electron chi connectivity index (χ2n) is 12.4. The first-order valence-corrected chi connectivity index (χ1v) is 17.9. The Morgan fingerprint density at radius 2 is 1.40 bits per heavy atom. The summed E-state index contributed by atoms with van der Waals surface area (Å²) >= 11 is 0. The van der Waals surface area contributed by atoms with Gasteiger partial charge in [-0.05, 0) is 75.3 Å². The van der Waals surface area contributed by atoms with Crippen LogP contribution in [0.4, 0.5) is 0 Å². The molecule has 0 amide bonds. The molecule has 10 nitrogen and oxygen atoms in total. The molecule has 48 heavy (non-hydrogen) atoms. The Balaban J connectivity index is 1.57. The number of hydrogen-bond acceptors (Lipinski definition) is 8. The van der Waals surface area contributed by atoms with Crippen molar-refractivity contribution >= 4 is 8.30 Å². The zero-order valence-electron chi connectivity index (χ0n) is 28.7. The molecule has 4 atom stereocenters. The van der Waals surface area contributed by atoms with Crippen molar-refractivity contribution in [1.29, 1.82) is 0 Å². The number of aromatic nitrogens is 2. The topological polar surface area (TPSA) is 104 Å². The van der Waals surface area contributed by atoms with Gasteiger partial charge in [-0.25, -0.2) is 4.79 Å². The summed E-state index contributed by atoms with van der Waals surface area (Å²) in [7, 11) is 2.27. The highest BCUT2D eigenvalue weighted by Crippen LogP contribution is 2.47. The molecule has 0 saturated carbocycles. The summed E-state index contributed by atoms with van der Waals surface area (Å²) in [6.45, 7) is 10.9. The van der Waals surface area contributed by atoms with E-state index in [4.69, 9.17) is 23.5 Å². The molecule has 0 bridgehead atoms. The van der Waals surface area contributed by atoms with Gasteiger partial charge in [0.15, 0.2) is 0 Å². The fourth-order valence-corrected chi connectivity index (χ4v) is 8.59. The fraction of sp³-hybridized carbons (Fsp3) is 0.405. The van der Waals surface area contributed by atoms with Crippen LogP contribution in [-0.4, -0.2) is 66.0 Å². The van der Waals surface area contributed by atoms with E-state index in [9.17, 15) is 9.59 Å². The van der Waals surface area contributed by atoms with Crippen molar-refractivity contribution in [3.05, 3.63) is 129 Å². The van der Waals surface area contributed by atoms with E-state index in [2.05, 4.69) is 56.1 Å². The Hall–Kier alpha value is -3.79. The molecule has 0 aliphatic carbocycles. The molecule has 1 saturated heterocycles. The number of benzene rings is 3. The van der Waals surface area contributed by atoms with Crippen LogP contribution < -0.4 is 20.7 Å². The predicted octanol–water partition coefficient (Wildman–Crippen LogP) is 6.30. The minimum atomic E-state index is -1.06. The molecule has 0 radical (unpaired) electrons. The first-order valence-electron chi connectivity index (χ1n) is 16.2. The Labute approximate surface area is 283 Å². The molecule has 1 aliphatic rings. The Morgan fingerprint density at radius 3 is 1.90 bits per heavy atom. The molecular weight excluding hydrogens is 629 g/mol. The third kappa shape index (κ3) is 7.59. The van der Waals surface area contributed by atoms with Gasteiger partial charge in [0.1, 0.15) is 37.7 Å². The summed E-state index contributed by atoms with van der Waals surface area (Å²) in [5.41, 5.74) is 0.661. The molecule has 3 aromatic carbocycles. The summed E-state index contributed by atoms with van der Waals surface area (Å²) < 4.78 is 35.4. The van der Waals surface area contributed by atoms with Gasteiger partial charge in [0.2, 0.25) is 0 Å². The first-order chi connectivity index (χ1) is 23.1. The third-order valence-electron chi connectivity index (χ3n) is 8.65. The van der Waals surface area contributed by atoms with Gasteiger partial charge >= 0.3 is 5.69 Å². The largest absolute Gasteiger partial charge is 0.497 e. The van der Waals surface area contributed by atoms with Gasteiger partial charge < -0.3 is 23.5 Å². The van der Waals surface area contributed by atoms with Crippen LogP contribution in [0.3, 0.4) is 0 Å². The van der Waals surface area contributed by atoms with Crippen LogP contribution in [0.2, 0.25) is 0 Å². The smallest absolute Gasteiger partial charge is 0.330 e. The Kier molecular flexibility index (Phi) is 11.6. The van der Waals surface area contributed by atoms with Crippen molar-refractivity contribution in [2.24, 2.45) is 0 Å². The predicted molar refractivity (Wildman–Crippen MR) is 188 cm³/mol. The van der Waals surface area contributed by atoms with Crippen molar-refractivity contribution in [1.82, 2.24) is 14.2 Å². The van der Waals surface area contributed by atoms with Crippen molar-refractivity contribution < 1.29 is 23.5 Å². The number of H-pyrrole nitrogens is 1. The summed E-state index contributed by atoms with van der Waals surface area (Å²) in [6, 6.07) is 27.7. The minimum Gasteiger partial charge on any atom is -0.497 e. The summed E-state index contributed by atoms with van der Waals surface area (Å²) in [4.78, 5) is 27.1. The molecule has 256 valence electrons. The highest BCUT2D eigenvalue weighted by molar-refractivity contribution is 7.49. The van der Waals surface area contributed by atoms with Crippen LogP contribution in [0.5, 0.6) is 11.5 Å². The quantitative estimate of drug-likeness (QED) is 0.123. The van der Waals surface area contributed by atoms with E-state index < -0.39 is 43.6 Å². The highest BCUT2D eigenvalue weighted by atomic mass is 31.2. The van der Waals surface area contributed by atoms with Crippen LogP contribution in [0.15, 0.2) is 101 Å². The average Bonchev–Trinajstić information content (AvgIpc) is 3.47. The fourth-order valence-electron chi connectivity index (χ4n) is 6.56.